The highest BCUT2D eigenvalue weighted by molar-refractivity contribution is 5.93. The lowest BCUT2D eigenvalue weighted by molar-refractivity contribution is -0.141. The van der Waals surface area contributed by atoms with Crippen LogP contribution in [-0.2, 0) is 20.9 Å². The molecule has 2 N–H and O–H groups in total. The average molecular weight is 277 g/mol. The first-order valence-corrected chi connectivity index (χ1v) is 6.72. The molecule has 0 heterocycles. The Morgan fingerprint density at radius 2 is 2.00 bits per heavy atom. The second-order valence-corrected chi connectivity index (χ2v) is 5.12. The Kier molecular flexibility index (Phi) is 4.74. The zero-order valence-corrected chi connectivity index (χ0v) is 11.5. The molecule has 108 valence electrons. The number of nitrogens with one attached hydrogen (secondary N) is 1. The van der Waals surface area contributed by atoms with Crippen LogP contribution in [0.15, 0.2) is 24.3 Å². The van der Waals surface area contributed by atoms with Gasteiger partial charge in [-0.2, -0.15) is 0 Å². The molecule has 1 fully saturated rings. The molecule has 0 radical (unpaired) electrons. The van der Waals surface area contributed by atoms with Crippen LogP contribution in [0.5, 0.6) is 0 Å². The van der Waals surface area contributed by atoms with E-state index in [0.717, 1.165) is 11.3 Å². The van der Waals surface area contributed by atoms with Gasteiger partial charge in [0.2, 0.25) is 5.91 Å². The molecule has 1 amide bonds. The van der Waals surface area contributed by atoms with Gasteiger partial charge in [-0.05, 0) is 25.3 Å². The summed E-state index contributed by atoms with van der Waals surface area (Å²) in [6.07, 6.45) is 1.63. The molecule has 1 saturated carbocycles. The van der Waals surface area contributed by atoms with Gasteiger partial charge in [-0.1, -0.05) is 18.2 Å². The van der Waals surface area contributed by atoms with Crippen LogP contribution in [0.1, 0.15) is 24.8 Å². The van der Waals surface area contributed by atoms with E-state index in [9.17, 15) is 9.59 Å². The van der Waals surface area contributed by atoms with Crippen LogP contribution in [0, 0.1) is 11.8 Å². The predicted molar refractivity (Wildman–Crippen MR) is 74.3 cm³/mol. The molecule has 1 aromatic rings. The van der Waals surface area contributed by atoms with Crippen LogP contribution in [0.25, 0.3) is 0 Å². The van der Waals surface area contributed by atoms with Gasteiger partial charge in [0.1, 0.15) is 0 Å². The van der Waals surface area contributed by atoms with E-state index in [1.807, 2.05) is 24.3 Å². The van der Waals surface area contributed by atoms with E-state index in [1.54, 1.807) is 7.11 Å². The number of benzene rings is 1. The molecule has 0 bridgehead atoms. The number of carboxylic acids is 1. The number of carbonyl (C=O) groups is 2. The Morgan fingerprint density at radius 1 is 1.30 bits per heavy atom. The third-order valence-corrected chi connectivity index (χ3v) is 3.73. The summed E-state index contributed by atoms with van der Waals surface area (Å²) in [7, 11) is 1.60. The van der Waals surface area contributed by atoms with Gasteiger partial charge in [-0.25, -0.2) is 0 Å². The summed E-state index contributed by atoms with van der Waals surface area (Å²) < 4.78 is 5.10. The molecule has 2 atom stereocenters. The lowest BCUT2D eigenvalue weighted by Gasteiger charge is -2.14. The fourth-order valence-electron chi connectivity index (χ4n) is 2.60. The monoisotopic (exact) mass is 277 g/mol. The second-order valence-electron chi connectivity index (χ2n) is 5.12. The summed E-state index contributed by atoms with van der Waals surface area (Å²) in [4.78, 5) is 23.1. The number of rotatable bonds is 5. The van der Waals surface area contributed by atoms with Crippen LogP contribution in [0.4, 0.5) is 5.69 Å². The Morgan fingerprint density at radius 3 is 2.65 bits per heavy atom. The number of methoxy groups -OCH3 is 1. The van der Waals surface area contributed by atoms with Crippen LogP contribution >= 0.6 is 0 Å². The smallest absolute Gasteiger partial charge is 0.306 e. The Balaban J connectivity index is 2.00. The van der Waals surface area contributed by atoms with Crippen LogP contribution in [0.2, 0.25) is 0 Å². The highest BCUT2D eigenvalue weighted by Gasteiger charge is 2.33. The summed E-state index contributed by atoms with van der Waals surface area (Å²) in [6, 6.07) is 7.47. The molecule has 0 spiro atoms. The largest absolute Gasteiger partial charge is 0.481 e. The molecular formula is C15H19NO4. The minimum absolute atomic E-state index is 0.0997. The number of para-hydroxylation sites is 1. The second kappa shape index (κ2) is 6.52. The van der Waals surface area contributed by atoms with Gasteiger partial charge < -0.3 is 15.2 Å². The molecular weight excluding hydrogens is 258 g/mol. The zero-order valence-electron chi connectivity index (χ0n) is 11.5. The molecule has 2 rings (SSSR count). The first-order valence-electron chi connectivity index (χ1n) is 6.72. The number of hydrogen-bond donors (Lipinski definition) is 2. The van der Waals surface area contributed by atoms with E-state index in [2.05, 4.69) is 5.32 Å². The van der Waals surface area contributed by atoms with Crippen molar-refractivity contribution in [2.24, 2.45) is 11.8 Å². The first kappa shape index (κ1) is 14.5. The van der Waals surface area contributed by atoms with Gasteiger partial charge >= 0.3 is 5.97 Å². The summed E-state index contributed by atoms with van der Waals surface area (Å²) in [5.41, 5.74) is 1.65. The van der Waals surface area contributed by atoms with E-state index in [1.165, 1.54) is 0 Å². The summed E-state index contributed by atoms with van der Waals surface area (Å²) >= 11 is 0. The number of ether oxygens (including phenoxy) is 1. The predicted octanol–water partition coefficient (Wildman–Crippen LogP) is 2.27. The van der Waals surface area contributed by atoms with Crippen molar-refractivity contribution in [1.29, 1.82) is 0 Å². The lowest BCUT2D eigenvalue weighted by atomic mass is 10.0. The van der Waals surface area contributed by atoms with Crippen molar-refractivity contribution < 1.29 is 19.4 Å². The first-order chi connectivity index (χ1) is 9.61. The van der Waals surface area contributed by atoms with Crippen molar-refractivity contribution in [3.63, 3.8) is 0 Å². The number of anilines is 1. The minimum atomic E-state index is -0.805. The fraction of sp³-hybridized carbons (Fsp3) is 0.467. The van der Waals surface area contributed by atoms with E-state index in [-0.39, 0.29) is 17.7 Å². The average Bonchev–Trinajstić information content (AvgIpc) is 2.91. The quantitative estimate of drug-likeness (QED) is 0.865. The third kappa shape index (κ3) is 3.36. The van der Waals surface area contributed by atoms with Gasteiger partial charge in [0.15, 0.2) is 0 Å². The Labute approximate surface area is 117 Å². The maximum Gasteiger partial charge on any atom is 0.306 e. The number of carboxylic acid groups (broad SMARTS) is 1. The van der Waals surface area contributed by atoms with E-state index in [0.29, 0.717) is 25.9 Å². The number of carbonyl (C=O) groups excluding carboxylic acids is 1. The lowest BCUT2D eigenvalue weighted by Crippen LogP contribution is -2.22. The molecule has 20 heavy (non-hydrogen) atoms. The Hall–Kier alpha value is -1.88. The van der Waals surface area contributed by atoms with Crippen molar-refractivity contribution in [3.8, 4) is 0 Å². The van der Waals surface area contributed by atoms with Crippen molar-refractivity contribution in [2.45, 2.75) is 25.9 Å². The number of hydrogen-bond acceptors (Lipinski definition) is 3. The summed E-state index contributed by atoms with van der Waals surface area (Å²) in [5.74, 6) is -1.51. The van der Waals surface area contributed by atoms with Crippen LogP contribution in [0.3, 0.4) is 0 Å². The fourth-order valence-corrected chi connectivity index (χ4v) is 2.60. The summed E-state index contributed by atoms with van der Waals surface area (Å²) in [5, 5.41) is 11.9. The van der Waals surface area contributed by atoms with Crippen molar-refractivity contribution >= 4 is 17.6 Å². The van der Waals surface area contributed by atoms with Gasteiger partial charge in [0.25, 0.3) is 0 Å². The molecule has 5 heteroatoms. The van der Waals surface area contributed by atoms with Gasteiger partial charge in [-0.3, -0.25) is 9.59 Å². The Bertz CT molecular complexity index is 500. The topological polar surface area (TPSA) is 75.6 Å². The van der Waals surface area contributed by atoms with Crippen LogP contribution in [-0.4, -0.2) is 24.1 Å². The summed E-state index contributed by atoms with van der Waals surface area (Å²) in [6.45, 7) is 0.429. The van der Waals surface area contributed by atoms with Crippen molar-refractivity contribution in [3.05, 3.63) is 29.8 Å². The molecule has 0 saturated heterocycles. The molecule has 1 aromatic carbocycles. The van der Waals surface area contributed by atoms with E-state index in [4.69, 9.17) is 9.84 Å². The molecule has 0 aliphatic heterocycles. The van der Waals surface area contributed by atoms with Gasteiger partial charge in [-0.15, -0.1) is 0 Å². The highest BCUT2D eigenvalue weighted by Crippen LogP contribution is 2.32. The van der Waals surface area contributed by atoms with Crippen molar-refractivity contribution in [1.82, 2.24) is 0 Å². The van der Waals surface area contributed by atoms with E-state index < -0.39 is 5.97 Å². The normalized spacial score (nSPS) is 21.6. The van der Waals surface area contributed by atoms with E-state index >= 15 is 0 Å². The van der Waals surface area contributed by atoms with Gasteiger partial charge in [0.05, 0.1) is 12.5 Å². The SMILES string of the molecule is COCc1ccccc1NC(=O)[C@@H]1CC[C@H](C(=O)O)C1. The third-order valence-electron chi connectivity index (χ3n) is 3.73. The van der Waals surface area contributed by atoms with Gasteiger partial charge in [0, 0.05) is 24.3 Å². The molecule has 1 aliphatic rings. The molecule has 0 unspecified atom stereocenters. The standard InChI is InChI=1S/C15H19NO4/c1-20-9-12-4-2-3-5-13(12)16-14(17)10-6-7-11(8-10)15(18)19/h2-5,10-11H,6-9H2,1H3,(H,16,17)(H,18,19)/t10-,11+/m1/s1. The number of aliphatic carboxylic acids is 1. The van der Waals surface area contributed by atoms with Crippen LogP contribution < -0.4 is 5.32 Å². The molecule has 0 aromatic heterocycles. The zero-order chi connectivity index (χ0) is 14.5. The number of amides is 1. The molecule has 1 aliphatic carbocycles. The molecule has 5 nitrogen and oxygen atoms in total. The minimum Gasteiger partial charge on any atom is -0.481 e. The highest BCUT2D eigenvalue weighted by atomic mass is 16.5. The maximum atomic E-state index is 12.2. The van der Waals surface area contributed by atoms with Crippen molar-refractivity contribution in [2.75, 3.05) is 12.4 Å². The maximum absolute atomic E-state index is 12.2.